The van der Waals surface area contributed by atoms with Crippen LogP contribution in [0.3, 0.4) is 0 Å². The van der Waals surface area contributed by atoms with Gasteiger partial charge in [0.2, 0.25) is 0 Å². The number of carbonyl (C=O) groups is 1. The van der Waals surface area contributed by atoms with Gasteiger partial charge in [0.05, 0.1) is 12.2 Å². The van der Waals surface area contributed by atoms with Crippen molar-refractivity contribution < 1.29 is 9.53 Å². The summed E-state index contributed by atoms with van der Waals surface area (Å²) in [7, 11) is 0. The minimum absolute atomic E-state index is 0.313. The monoisotopic (exact) mass is 413 g/mol. The number of rotatable bonds is 6. The smallest absolute Gasteiger partial charge is 0.357 e. The summed E-state index contributed by atoms with van der Waals surface area (Å²) in [5.41, 5.74) is 8.19. The van der Waals surface area contributed by atoms with Gasteiger partial charge in [-0.3, -0.25) is 0 Å². The standard InChI is InChI=1S/C26H27N3O2/c1-5-11-20-16-21(26(30)31-6-2)27-25-23(22-17(3)12-10-13-18(22)4)24(28-29(20)25)19-14-8-7-9-15-19/h7-10,12-16H,5-6,11H2,1-4H3. The third-order valence-corrected chi connectivity index (χ3v) is 5.43. The van der Waals surface area contributed by atoms with Crippen LogP contribution in [0.15, 0.2) is 54.6 Å². The van der Waals surface area contributed by atoms with Crippen molar-refractivity contribution in [3.8, 4) is 22.4 Å². The molecule has 2 heterocycles. The first-order valence-corrected chi connectivity index (χ1v) is 10.8. The predicted molar refractivity (Wildman–Crippen MR) is 123 cm³/mol. The number of nitrogens with zero attached hydrogens (tertiary/aromatic N) is 3. The summed E-state index contributed by atoms with van der Waals surface area (Å²) in [6, 6.07) is 18.2. The maximum atomic E-state index is 12.6. The second-order valence-corrected chi connectivity index (χ2v) is 7.70. The Morgan fingerprint density at radius 3 is 2.32 bits per heavy atom. The Hall–Kier alpha value is -3.47. The quantitative estimate of drug-likeness (QED) is 0.374. The highest BCUT2D eigenvalue weighted by Crippen LogP contribution is 2.38. The second kappa shape index (κ2) is 8.72. The van der Waals surface area contributed by atoms with Crippen LogP contribution in [0.1, 0.15) is 47.6 Å². The molecule has 0 atom stereocenters. The van der Waals surface area contributed by atoms with Gasteiger partial charge in [0, 0.05) is 11.3 Å². The van der Waals surface area contributed by atoms with Crippen LogP contribution in [0.25, 0.3) is 28.0 Å². The van der Waals surface area contributed by atoms with E-state index in [1.807, 2.05) is 28.8 Å². The molecule has 4 aromatic rings. The van der Waals surface area contributed by atoms with Gasteiger partial charge in [0.15, 0.2) is 11.3 Å². The molecule has 0 aliphatic heterocycles. The first-order valence-electron chi connectivity index (χ1n) is 10.8. The van der Waals surface area contributed by atoms with Crippen LogP contribution in [-0.4, -0.2) is 27.2 Å². The molecule has 158 valence electrons. The molecular formula is C26H27N3O2. The summed E-state index contributed by atoms with van der Waals surface area (Å²) in [6.07, 6.45) is 1.72. The molecule has 0 radical (unpaired) electrons. The lowest BCUT2D eigenvalue weighted by Crippen LogP contribution is -2.11. The lowest BCUT2D eigenvalue weighted by atomic mass is 9.93. The van der Waals surface area contributed by atoms with Crippen molar-refractivity contribution >= 4 is 11.6 Å². The lowest BCUT2D eigenvalue weighted by Gasteiger charge is -2.11. The summed E-state index contributed by atoms with van der Waals surface area (Å²) in [4.78, 5) is 17.4. The molecule has 5 nitrogen and oxygen atoms in total. The van der Waals surface area contributed by atoms with Crippen molar-refractivity contribution in [2.75, 3.05) is 6.61 Å². The maximum Gasteiger partial charge on any atom is 0.357 e. The van der Waals surface area contributed by atoms with Crippen LogP contribution in [0.2, 0.25) is 0 Å². The molecule has 0 amide bonds. The number of hydrogen-bond acceptors (Lipinski definition) is 4. The van der Waals surface area contributed by atoms with Gasteiger partial charge in [-0.1, -0.05) is 61.9 Å². The van der Waals surface area contributed by atoms with Crippen LogP contribution >= 0.6 is 0 Å². The molecule has 0 aliphatic rings. The van der Waals surface area contributed by atoms with Gasteiger partial charge in [-0.15, -0.1) is 0 Å². The molecule has 4 rings (SSSR count). The highest BCUT2D eigenvalue weighted by Gasteiger charge is 2.24. The zero-order valence-corrected chi connectivity index (χ0v) is 18.5. The molecule has 0 saturated heterocycles. The highest BCUT2D eigenvalue weighted by molar-refractivity contribution is 5.95. The third kappa shape index (κ3) is 3.83. The van der Waals surface area contributed by atoms with Gasteiger partial charge in [-0.25, -0.2) is 14.3 Å². The zero-order chi connectivity index (χ0) is 22.0. The number of fused-ring (bicyclic) bond motifs is 1. The number of esters is 1. The van der Waals surface area contributed by atoms with Crippen LogP contribution in [0.5, 0.6) is 0 Å². The first-order chi connectivity index (χ1) is 15.0. The van der Waals surface area contributed by atoms with Gasteiger partial charge in [0.1, 0.15) is 5.69 Å². The number of hydrogen-bond donors (Lipinski definition) is 0. The largest absolute Gasteiger partial charge is 0.461 e. The van der Waals surface area contributed by atoms with E-state index >= 15 is 0 Å². The van der Waals surface area contributed by atoms with Gasteiger partial charge < -0.3 is 4.74 Å². The summed E-state index contributed by atoms with van der Waals surface area (Å²) in [5.74, 6) is -0.405. The van der Waals surface area contributed by atoms with E-state index in [1.54, 1.807) is 6.92 Å². The lowest BCUT2D eigenvalue weighted by molar-refractivity contribution is 0.0519. The van der Waals surface area contributed by atoms with Crippen molar-refractivity contribution in [1.29, 1.82) is 0 Å². The fourth-order valence-corrected chi connectivity index (χ4v) is 4.06. The summed E-state index contributed by atoms with van der Waals surface area (Å²) >= 11 is 0. The average molecular weight is 414 g/mol. The molecule has 0 saturated carbocycles. The highest BCUT2D eigenvalue weighted by atomic mass is 16.5. The minimum Gasteiger partial charge on any atom is -0.461 e. The molecule has 2 aromatic carbocycles. The second-order valence-electron chi connectivity index (χ2n) is 7.70. The Morgan fingerprint density at radius 1 is 0.968 bits per heavy atom. The van der Waals surface area contributed by atoms with E-state index in [9.17, 15) is 4.79 Å². The van der Waals surface area contributed by atoms with Gasteiger partial charge in [-0.2, -0.15) is 5.10 Å². The van der Waals surface area contributed by atoms with E-state index in [2.05, 4.69) is 51.1 Å². The summed E-state index contributed by atoms with van der Waals surface area (Å²) in [5, 5.41) is 5.01. The maximum absolute atomic E-state index is 12.6. The van der Waals surface area contributed by atoms with Gasteiger partial charge in [0.25, 0.3) is 0 Å². The van der Waals surface area contributed by atoms with Gasteiger partial charge >= 0.3 is 5.97 Å². The van der Waals surface area contributed by atoms with Crippen LogP contribution < -0.4 is 0 Å². The minimum atomic E-state index is -0.405. The number of benzene rings is 2. The molecule has 31 heavy (non-hydrogen) atoms. The Balaban J connectivity index is 2.12. The summed E-state index contributed by atoms with van der Waals surface area (Å²) < 4.78 is 7.16. The number of ether oxygens (including phenoxy) is 1. The van der Waals surface area contributed by atoms with Crippen molar-refractivity contribution in [3.63, 3.8) is 0 Å². The topological polar surface area (TPSA) is 56.5 Å². The van der Waals surface area contributed by atoms with E-state index < -0.39 is 5.97 Å². The molecule has 0 spiro atoms. The van der Waals surface area contributed by atoms with Crippen LogP contribution in [0, 0.1) is 13.8 Å². The fraction of sp³-hybridized carbons (Fsp3) is 0.269. The number of aryl methyl sites for hydroxylation is 3. The van der Waals surface area contributed by atoms with Crippen molar-refractivity contribution in [2.45, 2.75) is 40.5 Å². The van der Waals surface area contributed by atoms with Crippen LogP contribution in [-0.2, 0) is 11.2 Å². The van der Waals surface area contributed by atoms with E-state index in [4.69, 9.17) is 14.8 Å². The average Bonchev–Trinajstić information content (AvgIpc) is 3.14. The van der Waals surface area contributed by atoms with Crippen molar-refractivity contribution in [1.82, 2.24) is 14.6 Å². The van der Waals surface area contributed by atoms with E-state index in [-0.39, 0.29) is 0 Å². The number of carbonyl (C=O) groups excluding carboxylic acids is 1. The van der Waals surface area contributed by atoms with E-state index in [0.29, 0.717) is 17.9 Å². The molecule has 0 unspecified atom stereocenters. The molecule has 0 bridgehead atoms. The Kier molecular flexibility index (Phi) is 5.85. The van der Waals surface area contributed by atoms with E-state index in [1.165, 1.54) is 0 Å². The molecule has 0 fully saturated rings. The molecule has 2 aromatic heterocycles. The molecule has 5 heteroatoms. The van der Waals surface area contributed by atoms with Gasteiger partial charge in [-0.05, 0) is 49.9 Å². The predicted octanol–water partition coefficient (Wildman–Crippen LogP) is 5.81. The normalized spacial score (nSPS) is 11.1. The molecule has 0 aliphatic carbocycles. The number of aromatic nitrogens is 3. The Bertz CT molecular complexity index is 1220. The molecule has 0 N–H and O–H groups in total. The first kappa shape index (κ1) is 20.8. The third-order valence-electron chi connectivity index (χ3n) is 5.43. The SMILES string of the molecule is CCCc1cc(C(=O)OCC)nc2c(-c3c(C)cccc3C)c(-c3ccccc3)nn12. The zero-order valence-electron chi connectivity index (χ0n) is 18.5. The Labute approximate surface area is 182 Å². The Morgan fingerprint density at radius 2 is 1.68 bits per heavy atom. The van der Waals surface area contributed by atoms with Crippen molar-refractivity contribution in [2.24, 2.45) is 0 Å². The van der Waals surface area contributed by atoms with Crippen LogP contribution in [0.4, 0.5) is 0 Å². The van der Waals surface area contributed by atoms with Crippen molar-refractivity contribution in [3.05, 3.63) is 77.1 Å². The van der Waals surface area contributed by atoms with E-state index in [0.717, 1.165) is 52.0 Å². The fourth-order valence-electron chi connectivity index (χ4n) is 4.06. The summed E-state index contributed by atoms with van der Waals surface area (Å²) in [6.45, 7) is 8.43. The molecular weight excluding hydrogens is 386 g/mol.